The second-order valence-electron chi connectivity index (χ2n) is 4.06. The highest BCUT2D eigenvalue weighted by atomic mass is 16.5. The van der Waals surface area contributed by atoms with Crippen molar-refractivity contribution >= 4 is 6.29 Å². The van der Waals surface area contributed by atoms with Crippen LogP contribution in [0.3, 0.4) is 0 Å². The molecule has 2 heteroatoms. The first-order chi connectivity index (χ1) is 8.19. The fraction of sp³-hybridized carbons (Fsp3) is 0.133. The van der Waals surface area contributed by atoms with Crippen molar-refractivity contribution in [3.63, 3.8) is 0 Å². The summed E-state index contributed by atoms with van der Waals surface area (Å²) in [5, 5.41) is 0. The number of ether oxygens (including phenoxy) is 1. The Hall–Kier alpha value is -2.09. The molecule has 0 aliphatic carbocycles. The number of carbonyl (C=O) groups excluding carboxylic acids is 1. The van der Waals surface area contributed by atoms with Crippen LogP contribution in [0.2, 0.25) is 0 Å². The van der Waals surface area contributed by atoms with Gasteiger partial charge in [-0.25, -0.2) is 0 Å². The molecule has 0 radical (unpaired) electrons. The SMILES string of the molecule is Cc1ccc(Oc2cc(C=O)ccc2C)cc1. The van der Waals surface area contributed by atoms with Crippen LogP contribution in [-0.2, 0) is 0 Å². The molecule has 0 bridgehead atoms. The number of rotatable bonds is 3. The number of aldehydes is 1. The van der Waals surface area contributed by atoms with Crippen LogP contribution in [0.1, 0.15) is 21.5 Å². The van der Waals surface area contributed by atoms with Crippen LogP contribution < -0.4 is 4.74 Å². The zero-order valence-electron chi connectivity index (χ0n) is 9.94. The molecule has 0 spiro atoms. The molecule has 0 aromatic heterocycles. The summed E-state index contributed by atoms with van der Waals surface area (Å²) in [4.78, 5) is 10.7. The van der Waals surface area contributed by atoms with Crippen molar-refractivity contribution in [1.29, 1.82) is 0 Å². The first-order valence-electron chi connectivity index (χ1n) is 5.49. The summed E-state index contributed by atoms with van der Waals surface area (Å²) >= 11 is 0. The van der Waals surface area contributed by atoms with E-state index in [-0.39, 0.29) is 0 Å². The van der Waals surface area contributed by atoms with Gasteiger partial charge in [-0.2, -0.15) is 0 Å². The average Bonchev–Trinajstić information content (AvgIpc) is 2.35. The van der Waals surface area contributed by atoms with E-state index in [1.54, 1.807) is 12.1 Å². The predicted molar refractivity (Wildman–Crippen MR) is 67.8 cm³/mol. The van der Waals surface area contributed by atoms with Crippen molar-refractivity contribution in [2.24, 2.45) is 0 Å². The summed E-state index contributed by atoms with van der Waals surface area (Å²) in [5.74, 6) is 1.50. The Morgan fingerprint density at radius 1 is 1.00 bits per heavy atom. The maximum atomic E-state index is 10.7. The lowest BCUT2D eigenvalue weighted by atomic mass is 10.1. The fourth-order valence-electron chi connectivity index (χ4n) is 1.53. The zero-order valence-corrected chi connectivity index (χ0v) is 9.94. The van der Waals surface area contributed by atoms with Crippen LogP contribution in [0, 0.1) is 13.8 Å². The lowest BCUT2D eigenvalue weighted by Crippen LogP contribution is -1.90. The van der Waals surface area contributed by atoms with Gasteiger partial charge in [0, 0.05) is 5.56 Å². The van der Waals surface area contributed by atoms with E-state index in [0.29, 0.717) is 5.56 Å². The predicted octanol–water partition coefficient (Wildman–Crippen LogP) is 3.91. The Kier molecular flexibility index (Phi) is 3.24. The first kappa shape index (κ1) is 11.4. The molecule has 17 heavy (non-hydrogen) atoms. The monoisotopic (exact) mass is 226 g/mol. The first-order valence-corrected chi connectivity index (χ1v) is 5.49. The lowest BCUT2D eigenvalue weighted by molar-refractivity contribution is 0.112. The summed E-state index contributed by atoms with van der Waals surface area (Å²) in [7, 11) is 0. The molecule has 86 valence electrons. The molecule has 2 rings (SSSR count). The molecule has 0 N–H and O–H groups in total. The van der Waals surface area contributed by atoms with Gasteiger partial charge in [0.1, 0.15) is 17.8 Å². The van der Waals surface area contributed by atoms with E-state index in [4.69, 9.17) is 4.74 Å². The van der Waals surface area contributed by atoms with Crippen LogP contribution >= 0.6 is 0 Å². The third kappa shape index (κ3) is 2.72. The van der Waals surface area contributed by atoms with Gasteiger partial charge in [0.05, 0.1) is 0 Å². The van der Waals surface area contributed by atoms with Crippen molar-refractivity contribution in [2.45, 2.75) is 13.8 Å². The highest BCUT2D eigenvalue weighted by Gasteiger charge is 2.02. The van der Waals surface area contributed by atoms with Gasteiger partial charge in [-0.15, -0.1) is 0 Å². The number of benzene rings is 2. The molecule has 0 atom stereocenters. The quantitative estimate of drug-likeness (QED) is 0.742. The van der Waals surface area contributed by atoms with Gasteiger partial charge in [-0.05, 0) is 37.6 Å². The Labute approximate surface area is 101 Å². The molecule has 0 unspecified atom stereocenters. The fourth-order valence-corrected chi connectivity index (χ4v) is 1.53. The second-order valence-corrected chi connectivity index (χ2v) is 4.06. The Morgan fingerprint density at radius 2 is 1.71 bits per heavy atom. The third-order valence-electron chi connectivity index (χ3n) is 2.60. The molecular formula is C15H14O2. The number of carbonyl (C=O) groups is 1. The van der Waals surface area contributed by atoms with Crippen LogP contribution in [0.15, 0.2) is 42.5 Å². The van der Waals surface area contributed by atoms with Crippen LogP contribution in [0.4, 0.5) is 0 Å². The Morgan fingerprint density at radius 3 is 2.35 bits per heavy atom. The molecule has 0 aliphatic rings. The largest absolute Gasteiger partial charge is 0.457 e. The minimum atomic E-state index is 0.623. The van der Waals surface area contributed by atoms with Gasteiger partial charge in [-0.1, -0.05) is 29.8 Å². The normalized spacial score (nSPS) is 10.0. The molecule has 0 amide bonds. The maximum Gasteiger partial charge on any atom is 0.150 e. The van der Waals surface area contributed by atoms with Gasteiger partial charge in [0.25, 0.3) is 0 Å². The summed E-state index contributed by atoms with van der Waals surface area (Å²) in [6.45, 7) is 3.99. The van der Waals surface area contributed by atoms with Crippen LogP contribution in [0.25, 0.3) is 0 Å². The molecule has 2 aromatic rings. The second kappa shape index (κ2) is 4.83. The minimum Gasteiger partial charge on any atom is -0.457 e. The van der Waals surface area contributed by atoms with E-state index < -0.39 is 0 Å². The topological polar surface area (TPSA) is 26.3 Å². The summed E-state index contributed by atoms with van der Waals surface area (Å²) in [6.07, 6.45) is 0.821. The molecule has 2 aromatic carbocycles. The molecule has 0 saturated heterocycles. The van der Waals surface area contributed by atoms with Gasteiger partial charge in [0.15, 0.2) is 0 Å². The molecular weight excluding hydrogens is 212 g/mol. The van der Waals surface area contributed by atoms with Crippen molar-refractivity contribution in [3.05, 3.63) is 59.2 Å². The summed E-state index contributed by atoms with van der Waals surface area (Å²) in [5.41, 5.74) is 2.82. The highest BCUT2D eigenvalue weighted by molar-refractivity contribution is 5.75. The van der Waals surface area contributed by atoms with Crippen molar-refractivity contribution in [2.75, 3.05) is 0 Å². The number of hydrogen-bond donors (Lipinski definition) is 0. The molecule has 0 aliphatic heterocycles. The minimum absolute atomic E-state index is 0.623. The third-order valence-corrected chi connectivity index (χ3v) is 2.60. The van der Waals surface area contributed by atoms with Gasteiger partial charge < -0.3 is 4.74 Å². The zero-order chi connectivity index (χ0) is 12.3. The number of aryl methyl sites for hydroxylation is 2. The van der Waals surface area contributed by atoms with Gasteiger partial charge in [-0.3, -0.25) is 4.79 Å². The molecule has 0 fully saturated rings. The van der Waals surface area contributed by atoms with Crippen molar-refractivity contribution < 1.29 is 9.53 Å². The standard InChI is InChI=1S/C15H14O2/c1-11-3-7-14(8-4-11)17-15-9-13(10-16)6-5-12(15)2/h3-10H,1-2H3. The number of hydrogen-bond acceptors (Lipinski definition) is 2. The highest BCUT2D eigenvalue weighted by Crippen LogP contribution is 2.25. The van der Waals surface area contributed by atoms with Gasteiger partial charge in [0.2, 0.25) is 0 Å². The van der Waals surface area contributed by atoms with E-state index in [0.717, 1.165) is 23.3 Å². The van der Waals surface area contributed by atoms with Crippen LogP contribution in [-0.4, -0.2) is 6.29 Å². The van der Waals surface area contributed by atoms with E-state index in [9.17, 15) is 4.79 Å². The maximum absolute atomic E-state index is 10.7. The molecule has 0 saturated carbocycles. The molecule has 0 heterocycles. The lowest BCUT2D eigenvalue weighted by Gasteiger charge is -2.09. The van der Waals surface area contributed by atoms with Gasteiger partial charge >= 0.3 is 0 Å². The van der Waals surface area contributed by atoms with Crippen LogP contribution in [0.5, 0.6) is 11.5 Å². The summed E-state index contributed by atoms with van der Waals surface area (Å²) < 4.78 is 5.75. The van der Waals surface area contributed by atoms with E-state index in [1.807, 2.05) is 44.2 Å². The summed E-state index contributed by atoms with van der Waals surface area (Å²) in [6, 6.07) is 13.2. The average molecular weight is 226 g/mol. The van der Waals surface area contributed by atoms with E-state index >= 15 is 0 Å². The van der Waals surface area contributed by atoms with E-state index in [2.05, 4.69) is 0 Å². The Balaban J connectivity index is 2.28. The smallest absolute Gasteiger partial charge is 0.150 e. The Bertz CT molecular complexity index is 527. The van der Waals surface area contributed by atoms with E-state index in [1.165, 1.54) is 5.56 Å². The molecule has 2 nitrogen and oxygen atoms in total. The van der Waals surface area contributed by atoms with Crippen molar-refractivity contribution in [3.8, 4) is 11.5 Å². The van der Waals surface area contributed by atoms with Crippen molar-refractivity contribution in [1.82, 2.24) is 0 Å².